The normalized spacial score (nSPS) is 11.1. The average molecular weight is 470 g/mol. The number of carbonyl (C=O) groups is 2. The molecule has 0 radical (unpaired) electrons. The fraction of sp³-hybridized carbons (Fsp3) is 0.125. The van der Waals surface area contributed by atoms with Crippen molar-refractivity contribution >= 4 is 46.4 Å². The van der Waals surface area contributed by atoms with Crippen LogP contribution in [0.15, 0.2) is 71.8 Å². The first-order valence-electron chi connectivity index (χ1n) is 9.72. The van der Waals surface area contributed by atoms with E-state index in [1.807, 2.05) is 55.5 Å². The molecule has 0 fully saturated rings. The van der Waals surface area contributed by atoms with Crippen LogP contribution in [0.3, 0.4) is 0 Å². The molecule has 0 saturated carbocycles. The van der Waals surface area contributed by atoms with Gasteiger partial charge in [-0.25, -0.2) is 5.43 Å². The summed E-state index contributed by atoms with van der Waals surface area (Å²) in [7, 11) is 0. The molecular weight excluding hydrogens is 449 g/mol. The van der Waals surface area contributed by atoms with Crippen molar-refractivity contribution in [3.8, 4) is 5.75 Å². The zero-order valence-corrected chi connectivity index (χ0v) is 19.0. The molecule has 0 heterocycles. The molecule has 0 aliphatic rings. The summed E-state index contributed by atoms with van der Waals surface area (Å²) < 4.78 is 5.79. The lowest BCUT2D eigenvalue weighted by Gasteiger charge is -2.08. The largest absolute Gasteiger partial charge is 0.489 e. The van der Waals surface area contributed by atoms with E-state index in [4.69, 9.17) is 27.9 Å². The summed E-state index contributed by atoms with van der Waals surface area (Å²) in [6.07, 6.45) is 0. The Morgan fingerprint density at radius 2 is 1.62 bits per heavy atom. The van der Waals surface area contributed by atoms with E-state index in [0.29, 0.717) is 18.1 Å². The minimum Gasteiger partial charge on any atom is -0.489 e. The molecular formula is C24H21Cl2N3O3. The number of carbonyl (C=O) groups excluding carboxylic acids is 2. The van der Waals surface area contributed by atoms with E-state index in [-0.39, 0.29) is 15.7 Å². The monoisotopic (exact) mass is 469 g/mol. The molecule has 0 aliphatic carbocycles. The van der Waals surface area contributed by atoms with Crippen LogP contribution in [-0.2, 0) is 16.2 Å². The maximum absolute atomic E-state index is 12.1. The minimum atomic E-state index is -0.932. The number of anilines is 1. The number of ether oxygens (including phenoxy) is 1. The van der Waals surface area contributed by atoms with Gasteiger partial charge >= 0.3 is 11.8 Å². The highest BCUT2D eigenvalue weighted by molar-refractivity contribution is 6.45. The molecule has 3 rings (SSSR count). The second-order valence-corrected chi connectivity index (χ2v) is 7.78. The number of nitrogens with zero attached hydrogens (tertiary/aromatic N) is 1. The molecule has 0 saturated heterocycles. The highest BCUT2D eigenvalue weighted by Crippen LogP contribution is 2.29. The quantitative estimate of drug-likeness (QED) is 0.289. The van der Waals surface area contributed by atoms with Gasteiger partial charge in [-0.1, -0.05) is 59.1 Å². The first kappa shape index (κ1) is 23.3. The van der Waals surface area contributed by atoms with Crippen molar-refractivity contribution in [1.29, 1.82) is 0 Å². The highest BCUT2D eigenvalue weighted by Gasteiger charge is 2.15. The molecule has 8 heteroatoms. The molecule has 164 valence electrons. The Balaban J connectivity index is 1.54. The minimum absolute atomic E-state index is 0.152. The molecule has 0 atom stereocenters. The van der Waals surface area contributed by atoms with Gasteiger partial charge in [0.15, 0.2) is 0 Å². The van der Waals surface area contributed by atoms with Gasteiger partial charge in [0.25, 0.3) is 0 Å². The molecule has 2 N–H and O–H groups in total. The van der Waals surface area contributed by atoms with Gasteiger partial charge in [0.1, 0.15) is 12.4 Å². The van der Waals surface area contributed by atoms with E-state index in [1.165, 1.54) is 11.6 Å². The van der Waals surface area contributed by atoms with Gasteiger partial charge in [0, 0.05) is 0 Å². The van der Waals surface area contributed by atoms with Crippen LogP contribution in [0.1, 0.15) is 23.6 Å². The number of benzene rings is 3. The van der Waals surface area contributed by atoms with E-state index in [0.717, 1.165) is 11.1 Å². The number of hydrogen-bond acceptors (Lipinski definition) is 4. The second kappa shape index (κ2) is 10.8. The van der Waals surface area contributed by atoms with Gasteiger partial charge in [0.2, 0.25) is 0 Å². The predicted molar refractivity (Wildman–Crippen MR) is 127 cm³/mol. The molecule has 0 aliphatic heterocycles. The molecule has 0 spiro atoms. The molecule has 3 aromatic rings. The van der Waals surface area contributed by atoms with Crippen molar-refractivity contribution in [2.24, 2.45) is 5.10 Å². The summed E-state index contributed by atoms with van der Waals surface area (Å²) in [4.78, 5) is 24.1. The summed E-state index contributed by atoms with van der Waals surface area (Å²) in [6, 6.07) is 20.1. The summed E-state index contributed by atoms with van der Waals surface area (Å²) >= 11 is 11.9. The van der Waals surface area contributed by atoms with E-state index >= 15 is 0 Å². The molecule has 32 heavy (non-hydrogen) atoms. The van der Waals surface area contributed by atoms with Crippen LogP contribution >= 0.6 is 23.2 Å². The van der Waals surface area contributed by atoms with Crippen molar-refractivity contribution in [3.05, 3.63) is 93.5 Å². The van der Waals surface area contributed by atoms with Gasteiger partial charge in [-0.2, -0.15) is 5.10 Å². The Morgan fingerprint density at radius 3 is 2.31 bits per heavy atom. The number of halogens is 2. The lowest BCUT2D eigenvalue weighted by molar-refractivity contribution is -0.136. The van der Waals surface area contributed by atoms with Gasteiger partial charge in [-0.05, 0) is 61.4 Å². The zero-order valence-electron chi connectivity index (χ0n) is 17.5. The maximum atomic E-state index is 12.1. The van der Waals surface area contributed by atoms with Crippen LogP contribution in [0.5, 0.6) is 5.75 Å². The van der Waals surface area contributed by atoms with Crippen molar-refractivity contribution in [2.75, 3.05) is 5.32 Å². The summed E-state index contributed by atoms with van der Waals surface area (Å²) in [5, 5.41) is 6.81. The van der Waals surface area contributed by atoms with Crippen LogP contribution < -0.4 is 15.5 Å². The number of amides is 2. The Labute approximate surface area is 196 Å². The Bertz CT molecular complexity index is 1140. The maximum Gasteiger partial charge on any atom is 0.329 e. The van der Waals surface area contributed by atoms with Gasteiger partial charge < -0.3 is 10.1 Å². The molecule has 0 unspecified atom stereocenters. The number of hydrazone groups is 1. The third-order valence-electron chi connectivity index (χ3n) is 4.53. The number of aryl methyl sites for hydroxylation is 1. The molecule has 2 amide bonds. The van der Waals surface area contributed by atoms with Crippen LogP contribution in [0.2, 0.25) is 10.0 Å². The lowest BCUT2D eigenvalue weighted by Crippen LogP contribution is -2.33. The zero-order chi connectivity index (χ0) is 23.1. The Morgan fingerprint density at radius 1 is 0.938 bits per heavy atom. The van der Waals surface area contributed by atoms with Crippen molar-refractivity contribution < 1.29 is 14.3 Å². The van der Waals surface area contributed by atoms with Gasteiger partial charge in [0.05, 0.1) is 21.4 Å². The van der Waals surface area contributed by atoms with Gasteiger partial charge in [-0.3, -0.25) is 9.59 Å². The standard InChI is InChI=1S/C24H21Cl2N3O3/c1-15-6-8-17(9-7-15)14-32-19-12-10-18(11-13-19)16(2)28-29-24(31)23(30)27-21-5-3-4-20(25)22(21)26/h3-13H,14H2,1-2H3,(H,27,30)(H,29,31)/b28-16+. The molecule has 0 aromatic heterocycles. The molecule has 0 bridgehead atoms. The van der Waals surface area contributed by atoms with E-state index in [2.05, 4.69) is 15.8 Å². The van der Waals surface area contributed by atoms with Crippen LogP contribution in [0.25, 0.3) is 0 Å². The van der Waals surface area contributed by atoms with Crippen LogP contribution in [0.4, 0.5) is 5.69 Å². The first-order chi connectivity index (χ1) is 15.3. The average Bonchev–Trinajstić information content (AvgIpc) is 2.80. The molecule has 6 nitrogen and oxygen atoms in total. The number of rotatable bonds is 6. The topological polar surface area (TPSA) is 79.8 Å². The van der Waals surface area contributed by atoms with E-state index < -0.39 is 11.8 Å². The number of nitrogens with one attached hydrogen (secondary N) is 2. The number of hydrogen-bond donors (Lipinski definition) is 2. The van der Waals surface area contributed by atoms with Gasteiger partial charge in [-0.15, -0.1) is 0 Å². The van der Waals surface area contributed by atoms with E-state index in [9.17, 15) is 9.59 Å². The SMILES string of the molecule is C/C(=N\NC(=O)C(=O)Nc1cccc(Cl)c1Cl)c1ccc(OCc2ccc(C)cc2)cc1. The van der Waals surface area contributed by atoms with E-state index in [1.54, 1.807) is 19.1 Å². The van der Waals surface area contributed by atoms with Crippen LogP contribution in [0, 0.1) is 6.92 Å². The second-order valence-electron chi connectivity index (χ2n) is 6.99. The van der Waals surface area contributed by atoms with Crippen molar-refractivity contribution in [2.45, 2.75) is 20.5 Å². The fourth-order valence-corrected chi connectivity index (χ4v) is 3.02. The summed E-state index contributed by atoms with van der Waals surface area (Å²) in [5.41, 5.74) is 6.04. The summed E-state index contributed by atoms with van der Waals surface area (Å²) in [6.45, 7) is 4.22. The third kappa shape index (κ3) is 6.33. The summed E-state index contributed by atoms with van der Waals surface area (Å²) in [5.74, 6) is -1.13. The van der Waals surface area contributed by atoms with Crippen LogP contribution in [-0.4, -0.2) is 17.5 Å². The third-order valence-corrected chi connectivity index (χ3v) is 5.35. The Hall–Kier alpha value is -3.35. The first-order valence-corrected chi connectivity index (χ1v) is 10.5. The predicted octanol–water partition coefficient (Wildman–Crippen LogP) is 5.36. The Kier molecular flexibility index (Phi) is 7.87. The molecule has 3 aromatic carbocycles. The highest BCUT2D eigenvalue weighted by atomic mass is 35.5. The fourth-order valence-electron chi connectivity index (χ4n) is 2.67. The smallest absolute Gasteiger partial charge is 0.329 e. The van der Waals surface area contributed by atoms with Crippen molar-refractivity contribution in [1.82, 2.24) is 5.43 Å². The lowest BCUT2D eigenvalue weighted by atomic mass is 10.1. The van der Waals surface area contributed by atoms with Crippen molar-refractivity contribution in [3.63, 3.8) is 0 Å².